The van der Waals surface area contributed by atoms with Crippen LogP contribution in [-0.2, 0) is 27.8 Å². The van der Waals surface area contributed by atoms with Gasteiger partial charge < -0.3 is 15.7 Å². The molecule has 0 bridgehead atoms. The van der Waals surface area contributed by atoms with Crippen LogP contribution in [0.15, 0.2) is 108 Å². The van der Waals surface area contributed by atoms with Gasteiger partial charge in [0, 0.05) is 17.3 Å². The van der Waals surface area contributed by atoms with Gasteiger partial charge in [0.2, 0.25) is 10.0 Å². The standard InChI is InChI=1S/C29H26ClN3O5S/c30-24-13-15-26(16-14-24)39(37,38)33-27(28(34)35)17-20-9-11-22(12-10-20)23-7-4-8-25(18-23)32-29(36)31-19-21-5-2-1-3-6-21/h1-16,18,27,33H,17,19H2,(H,34,35)(H2,31,32,36)/t27-/m1/s1. The average Bonchev–Trinajstić information content (AvgIpc) is 2.93. The minimum Gasteiger partial charge on any atom is -0.480 e. The maximum Gasteiger partial charge on any atom is 0.322 e. The van der Waals surface area contributed by atoms with Crippen LogP contribution < -0.4 is 15.4 Å². The van der Waals surface area contributed by atoms with E-state index < -0.39 is 22.0 Å². The second-order valence-corrected chi connectivity index (χ2v) is 10.9. The van der Waals surface area contributed by atoms with Crippen LogP contribution in [-0.4, -0.2) is 31.6 Å². The Morgan fingerprint density at radius 1 is 0.795 bits per heavy atom. The Morgan fingerprint density at radius 3 is 2.15 bits per heavy atom. The first-order valence-corrected chi connectivity index (χ1v) is 13.8. The Bertz CT molecular complexity index is 1540. The molecule has 39 heavy (non-hydrogen) atoms. The van der Waals surface area contributed by atoms with Crippen LogP contribution in [0.5, 0.6) is 0 Å². The van der Waals surface area contributed by atoms with Crippen LogP contribution in [0.1, 0.15) is 11.1 Å². The van der Waals surface area contributed by atoms with Crippen molar-refractivity contribution in [1.29, 1.82) is 0 Å². The summed E-state index contributed by atoms with van der Waals surface area (Å²) in [6.07, 6.45) is -0.0500. The van der Waals surface area contributed by atoms with Crippen molar-refractivity contribution in [2.45, 2.75) is 23.9 Å². The smallest absolute Gasteiger partial charge is 0.322 e. The summed E-state index contributed by atoms with van der Waals surface area (Å²) in [5, 5.41) is 15.7. The molecule has 200 valence electrons. The van der Waals surface area contributed by atoms with Crippen molar-refractivity contribution >= 4 is 39.3 Å². The number of halogens is 1. The van der Waals surface area contributed by atoms with Crippen molar-refractivity contribution in [1.82, 2.24) is 10.0 Å². The summed E-state index contributed by atoms with van der Waals surface area (Å²) in [4.78, 5) is 24.1. The Balaban J connectivity index is 1.39. The van der Waals surface area contributed by atoms with E-state index in [9.17, 15) is 23.1 Å². The summed E-state index contributed by atoms with van der Waals surface area (Å²) in [7, 11) is -4.06. The molecule has 0 unspecified atom stereocenters. The molecule has 4 aromatic carbocycles. The number of carbonyl (C=O) groups is 2. The summed E-state index contributed by atoms with van der Waals surface area (Å²) in [5.41, 5.74) is 3.94. The van der Waals surface area contributed by atoms with E-state index in [1.807, 2.05) is 60.7 Å². The van der Waals surface area contributed by atoms with E-state index in [4.69, 9.17) is 11.6 Å². The van der Waals surface area contributed by atoms with Crippen LogP contribution in [0.25, 0.3) is 11.1 Å². The topological polar surface area (TPSA) is 125 Å². The number of nitrogens with one attached hydrogen (secondary N) is 3. The first-order valence-electron chi connectivity index (χ1n) is 12.0. The van der Waals surface area contributed by atoms with Gasteiger partial charge in [-0.25, -0.2) is 13.2 Å². The normalized spacial score (nSPS) is 11.9. The predicted octanol–water partition coefficient (Wildman–Crippen LogP) is 5.30. The first kappa shape index (κ1) is 27.8. The van der Waals surface area contributed by atoms with Crippen LogP contribution in [0, 0.1) is 0 Å². The Labute approximate surface area is 231 Å². The molecule has 0 aliphatic heterocycles. The van der Waals surface area contributed by atoms with Gasteiger partial charge in [0.15, 0.2) is 0 Å². The fraction of sp³-hybridized carbons (Fsp3) is 0.103. The molecule has 4 aromatic rings. The van der Waals surface area contributed by atoms with Crippen molar-refractivity contribution in [2.24, 2.45) is 0 Å². The summed E-state index contributed by atoms with van der Waals surface area (Å²) < 4.78 is 27.6. The molecule has 0 aromatic heterocycles. The second-order valence-electron chi connectivity index (χ2n) is 8.74. The lowest BCUT2D eigenvalue weighted by atomic mass is 10.0. The fourth-order valence-corrected chi connectivity index (χ4v) is 5.16. The number of benzene rings is 4. The number of hydrogen-bond donors (Lipinski definition) is 4. The van der Waals surface area contributed by atoms with Crippen molar-refractivity contribution in [3.05, 3.63) is 119 Å². The van der Waals surface area contributed by atoms with Gasteiger partial charge in [0.1, 0.15) is 6.04 Å². The molecule has 0 saturated carbocycles. The number of rotatable bonds is 10. The van der Waals surface area contributed by atoms with E-state index in [-0.39, 0.29) is 17.3 Å². The van der Waals surface area contributed by atoms with Gasteiger partial charge >= 0.3 is 12.0 Å². The van der Waals surface area contributed by atoms with E-state index in [2.05, 4.69) is 15.4 Å². The molecule has 0 aliphatic rings. The van der Waals surface area contributed by atoms with Gasteiger partial charge in [0.05, 0.1) is 4.90 Å². The van der Waals surface area contributed by atoms with Gasteiger partial charge in [-0.15, -0.1) is 0 Å². The predicted molar refractivity (Wildman–Crippen MR) is 151 cm³/mol. The number of carbonyl (C=O) groups excluding carboxylic acids is 1. The third-order valence-electron chi connectivity index (χ3n) is 5.86. The minimum atomic E-state index is -4.06. The Morgan fingerprint density at radius 2 is 1.49 bits per heavy atom. The van der Waals surface area contributed by atoms with E-state index in [0.29, 0.717) is 22.8 Å². The van der Waals surface area contributed by atoms with Gasteiger partial charge in [-0.1, -0.05) is 78.3 Å². The molecular weight excluding hydrogens is 538 g/mol. The number of sulfonamides is 1. The highest BCUT2D eigenvalue weighted by Crippen LogP contribution is 2.24. The van der Waals surface area contributed by atoms with E-state index in [1.165, 1.54) is 24.3 Å². The van der Waals surface area contributed by atoms with Crippen LogP contribution >= 0.6 is 11.6 Å². The lowest BCUT2D eigenvalue weighted by molar-refractivity contribution is -0.138. The summed E-state index contributed by atoms with van der Waals surface area (Å²) in [6.45, 7) is 0.404. The van der Waals surface area contributed by atoms with Crippen LogP contribution in [0.2, 0.25) is 5.02 Å². The zero-order valence-electron chi connectivity index (χ0n) is 20.7. The van der Waals surface area contributed by atoms with Gasteiger partial charge in [-0.05, 0) is 65.1 Å². The number of aliphatic carboxylic acids is 1. The lowest BCUT2D eigenvalue weighted by Crippen LogP contribution is -2.42. The monoisotopic (exact) mass is 563 g/mol. The van der Waals surface area contributed by atoms with Crippen molar-refractivity contribution in [3.63, 3.8) is 0 Å². The SMILES string of the molecule is O=C(NCc1ccccc1)Nc1cccc(-c2ccc(C[C@@H](NS(=O)(=O)c3ccc(Cl)cc3)C(=O)O)cc2)c1. The van der Waals surface area contributed by atoms with Gasteiger partial charge in [-0.2, -0.15) is 4.72 Å². The minimum absolute atomic E-state index is 0.0500. The maximum atomic E-state index is 12.7. The molecule has 0 fully saturated rings. The Kier molecular flexibility index (Phi) is 8.98. The second kappa shape index (κ2) is 12.6. The zero-order valence-corrected chi connectivity index (χ0v) is 22.2. The summed E-state index contributed by atoms with van der Waals surface area (Å²) in [5.74, 6) is -1.29. The first-order chi connectivity index (χ1) is 18.7. The summed E-state index contributed by atoms with van der Waals surface area (Å²) >= 11 is 5.82. The van der Waals surface area contributed by atoms with Crippen molar-refractivity contribution in [2.75, 3.05) is 5.32 Å². The molecular formula is C29H26ClN3O5S. The van der Waals surface area contributed by atoms with Crippen LogP contribution in [0.3, 0.4) is 0 Å². The third-order valence-corrected chi connectivity index (χ3v) is 7.60. The quantitative estimate of drug-likeness (QED) is 0.208. The van der Waals surface area contributed by atoms with Gasteiger partial charge in [0.25, 0.3) is 0 Å². The van der Waals surface area contributed by atoms with E-state index >= 15 is 0 Å². The molecule has 10 heteroatoms. The zero-order chi connectivity index (χ0) is 27.8. The molecule has 0 radical (unpaired) electrons. The molecule has 0 heterocycles. The fourth-order valence-electron chi connectivity index (χ4n) is 3.85. The number of hydrogen-bond acceptors (Lipinski definition) is 4. The number of amides is 2. The largest absolute Gasteiger partial charge is 0.480 e. The molecule has 4 N–H and O–H groups in total. The van der Waals surface area contributed by atoms with Crippen molar-refractivity contribution in [3.8, 4) is 11.1 Å². The molecule has 0 spiro atoms. The molecule has 0 saturated heterocycles. The van der Waals surface area contributed by atoms with Crippen LogP contribution in [0.4, 0.5) is 10.5 Å². The van der Waals surface area contributed by atoms with E-state index in [0.717, 1.165) is 16.7 Å². The highest BCUT2D eigenvalue weighted by atomic mass is 35.5. The van der Waals surface area contributed by atoms with Crippen molar-refractivity contribution < 1.29 is 23.1 Å². The maximum absolute atomic E-state index is 12.7. The highest BCUT2D eigenvalue weighted by Gasteiger charge is 2.25. The highest BCUT2D eigenvalue weighted by molar-refractivity contribution is 7.89. The molecule has 0 aliphatic carbocycles. The molecule has 8 nitrogen and oxygen atoms in total. The lowest BCUT2D eigenvalue weighted by Gasteiger charge is -2.15. The number of anilines is 1. The van der Waals surface area contributed by atoms with Gasteiger partial charge in [-0.3, -0.25) is 4.79 Å². The van der Waals surface area contributed by atoms with E-state index in [1.54, 1.807) is 18.2 Å². The number of carboxylic acids is 1. The summed E-state index contributed by atoms with van der Waals surface area (Å²) in [6, 6.07) is 27.8. The molecule has 1 atom stereocenters. The molecule has 2 amide bonds. The third kappa shape index (κ3) is 7.90. The number of urea groups is 1. The average molecular weight is 564 g/mol. The Hall–Kier alpha value is -4.18. The molecule has 4 rings (SSSR count). The number of carboxylic acid groups (broad SMARTS) is 1.